The molecule has 0 unspecified atom stereocenters. The highest BCUT2D eigenvalue weighted by atomic mass is 35.5. The first-order chi connectivity index (χ1) is 29.7. The SMILES string of the molecule is CC(C)C[C@H](C(=O)N1CCN(c2ccc(S(=O)(=O)Nc3nccs3)cc2)C(=O)C1)N1CCCc2cc(Cl)ccc21.O=C1CNCCN1c1ccc(S(=O)(=O)Nc2nccs2)cc1. The zero-order valence-corrected chi connectivity index (χ0v) is 38.0. The van der Waals surface area contributed by atoms with Crippen molar-refractivity contribution in [1.82, 2.24) is 20.2 Å². The molecule has 16 nitrogen and oxygen atoms in total. The number of halogens is 1. The highest BCUT2D eigenvalue weighted by Crippen LogP contribution is 2.34. The first kappa shape index (κ1) is 44.9. The summed E-state index contributed by atoms with van der Waals surface area (Å²) in [6.45, 7) is 7.27. The highest BCUT2D eigenvalue weighted by molar-refractivity contribution is 7.93. The highest BCUT2D eigenvalue weighted by Gasteiger charge is 2.37. The van der Waals surface area contributed by atoms with Gasteiger partial charge in [-0.15, -0.1) is 22.7 Å². The van der Waals surface area contributed by atoms with Gasteiger partial charge in [-0.3, -0.25) is 23.8 Å². The van der Waals surface area contributed by atoms with Gasteiger partial charge >= 0.3 is 0 Å². The van der Waals surface area contributed by atoms with Crippen LogP contribution in [0, 0.1) is 5.92 Å². The molecule has 0 radical (unpaired) electrons. The number of hydrogen-bond acceptors (Lipinski definition) is 13. The van der Waals surface area contributed by atoms with Gasteiger partial charge < -0.3 is 24.9 Å². The van der Waals surface area contributed by atoms with Crippen molar-refractivity contribution in [3.8, 4) is 0 Å². The van der Waals surface area contributed by atoms with Crippen molar-refractivity contribution in [3.63, 3.8) is 0 Å². The Morgan fingerprint density at radius 1 is 0.790 bits per heavy atom. The molecule has 2 aromatic heterocycles. The number of amides is 3. The van der Waals surface area contributed by atoms with Gasteiger partial charge in [-0.05, 0) is 97.5 Å². The van der Waals surface area contributed by atoms with Crippen molar-refractivity contribution in [2.75, 3.05) is 70.0 Å². The van der Waals surface area contributed by atoms with E-state index in [0.717, 1.165) is 37.2 Å². The van der Waals surface area contributed by atoms with Crippen LogP contribution < -0.4 is 29.5 Å². The fourth-order valence-electron chi connectivity index (χ4n) is 7.46. The van der Waals surface area contributed by atoms with E-state index in [0.29, 0.717) is 60.0 Å². The molecule has 3 N–H and O–H groups in total. The zero-order chi connectivity index (χ0) is 44.0. The summed E-state index contributed by atoms with van der Waals surface area (Å²) in [6.07, 6.45) is 5.59. The second kappa shape index (κ2) is 19.5. The average molecular weight is 941 g/mol. The number of anilines is 5. The number of nitrogens with zero attached hydrogens (tertiary/aromatic N) is 6. The van der Waals surface area contributed by atoms with Gasteiger partial charge in [-0.25, -0.2) is 26.8 Å². The predicted octanol–water partition coefficient (Wildman–Crippen LogP) is 5.52. The standard InChI is InChI=1S/C28H32ClN5O4S2.C13H14N4O3S2/c1-19(2)16-25(34-12-3-4-20-17-21(29)5-10-24(20)34)27(36)32-13-14-33(26(35)18-32)22-6-8-23(9-7-22)40(37,38)31-28-30-11-15-39-28;18-12-9-14-5-7-17(12)10-1-3-11(4-2-10)22(19,20)16-13-15-6-8-21-13/h5-11,15,17,19,25H,3-4,12-14,16,18H2,1-2H3,(H,30,31);1-4,6,8,14H,5,7,9H2,(H,15,16)/t25-;/m1./s1. The summed E-state index contributed by atoms with van der Waals surface area (Å²) in [5, 5.41) is 7.66. The minimum absolute atomic E-state index is 0.0252. The molecular weight excluding hydrogens is 894 g/mol. The van der Waals surface area contributed by atoms with Crippen molar-refractivity contribution < 1.29 is 31.2 Å². The Bertz CT molecular complexity index is 2580. The first-order valence-corrected chi connectivity index (χ1v) is 25.0. The fraction of sp³-hybridized carbons (Fsp3) is 0.341. The molecule has 2 saturated heterocycles. The van der Waals surface area contributed by atoms with E-state index >= 15 is 0 Å². The normalized spacial score (nSPS) is 16.4. The largest absolute Gasteiger partial charge is 0.359 e. The minimum atomic E-state index is -3.79. The van der Waals surface area contributed by atoms with Crippen molar-refractivity contribution in [3.05, 3.63) is 100 Å². The Kier molecular flexibility index (Phi) is 14.1. The number of sulfonamides is 2. The predicted molar refractivity (Wildman–Crippen MR) is 243 cm³/mol. The molecule has 0 bridgehead atoms. The number of benzene rings is 3. The van der Waals surface area contributed by atoms with Gasteiger partial charge in [-0.2, -0.15) is 0 Å². The lowest BCUT2D eigenvalue weighted by Gasteiger charge is -2.42. The number of hydrogen-bond donors (Lipinski definition) is 3. The lowest BCUT2D eigenvalue weighted by Crippen LogP contribution is -2.58. The van der Waals surface area contributed by atoms with Gasteiger partial charge in [0.05, 0.1) is 16.3 Å². The Labute approximate surface area is 374 Å². The molecule has 3 aliphatic rings. The number of aromatic nitrogens is 2. The molecule has 1 atom stereocenters. The summed E-state index contributed by atoms with van der Waals surface area (Å²) in [7, 11) is -7.45. The number of fused-ring (bicyclic) bond motifs is 1. The molecule has 0 spiro atoms. The van der Waals surface area contributed by atoms with Crippen molar-refractivity contribution >= 4 is 99.4 Å². The van der Waals surface area contributed by atoms with E-state index in [2.05, 4.69) is 43.5 Å². The van der Waals surface area contributed by atoms with Crippen LogP contribution in [0.3, 0.4) is 0 Å². The van der Waals surface area contributed by atoms with Gasteiger partial charge in [0.25, 0.3) is 20.0 Å². The molecule has 3 amide bonds. The number of nitrogens with one attached hydrogen (secondary N) is 3. The van der Waals surface area contributed by atoms with E-state index in [1.54, 1.807) is 49.7 Å². The first-order valence-electron chi connectivity index (χ1n) is 19.9. The topological polar surface area (TPSA) is 194 Å². The molecule has 3 aromatic carbocycles. The molecule has 328 valence electrons. The Balaban J connectivity index is 0.000000221. The maximum Gasteiger partial charge on any atom is 0.263 e. The third kappa shape index (κ3) is 10.7. The van der Waals surface area contributed by atoms with E-state index in [1.807, 2.05) is 18.2 Å². The number of aryl methyl sites for hydroxylation is 1. The lowest BCUT2D eigenvalue weighted by molar-refractivity contribution is -0.138. The molecular formula is C41H46ClN9O7S4. The van der Waals surface area contributed by atoms with E-state index in [9.17, 15) is 31.2 Å². The van der Waals surface area contributed by atoms with Crippen LogP contribution in [0.15, 0.2) is 99.7 Å². The van der Waals surface area contributed by atoms with Crippen LogP contribution in [0.4, 0.5) is 27.3 Å². The van der Waals surface area contributed by atoms with Gasteiger partial charge in [0.15, 0.2) is 10.3 Å². The molecule has 0 saturated carbocycles. The van der Waals surface area contributed by atoms with Gasteiger partial charge in [-0.1, -0.05) is 25.4 Å². The third-order valence-electron chi connectivity index (χ3n) is 10.4. The number of thiazole rings is 2. The van der Waals surface area contributed by atoms with E-state index < -0.39 is 20.0 Å². The summed E-state index contributed by atoms with van der Waals surface area (Å²) in [6, 6.07) is 17.9. The van der Waals surface area contributed by atoms with Crippen molar-refractivity contribution in [1.29, 1.82) is 0 Å². The van der Waals surface area contributed by atoms with Gasteiger partial charge in [0, 0.05) is 78.0 Å². The fourth-order valence-corrected chi connectivity index (χ4v) is 11.2. The lowest BCUT2D eigenvalue weighted by atomic mass is 9.95. The molecule has 21 heteroatoms. The van der Waals surface area contributed by atoms with Crippen LogP contribution in [-0.2, 0) is 40.9 Å². The number of piperazine rings is 2. The van der Waals surface area contributed by atoms with Crippen LogP contribution in [0.25, 0.3) is 0 Å². The maximum absolute atomic E-state index is 13.9. The van der Waals surface area contributed by atoms with E-state index in [4.69, 9.17) is 11.6 Å². The molecule has 5 heterocycles. The number of carbonyl (C=O) groups excluding carboxylic acids is 3. The van der Waals surface area contributed by atoms with Gasteiger partial charge in [0.2, 0.25) is 17.7 Å². The quantitative estimate of drug-likeness (QED) is 0.143. The van der Waals surface area contributed by atoms with Crippen molar-refractivity contribution in [2.45, 2.75) is 48.9 Å². The molecule has 62 heavy (non-hydrogen) atoms. The summed E-state index contributed by atoms with van der Waals surface area (Å²) >= 11 is 8.64. The Morgan fingerprint density at radius 3 is 1.89 bits per heavy atom. The average Bonchev–Trinajstić information content (AvgIpc) is 3.97. The second-order valence-electron chi connectivity index (χ2n) is 15.1. The van der Waals surface area contributed by atoms with Crippen LogP contribution >= 0.6 is 34.3 Å². The molecule has 2 fully saturated rings. The van der Waals surface area contributed by atoms with E-state index in [-0.39, 0.29) is 45.2 Å². The molecule has 8 rings (SSSR count). The number of carbonyl (C=O) groups is 3. The summed E-state index contributed by atoms with van der Waals surface area (Å²) in [5.41, 5.74) is 3.47. The zero-order valence-electron chi connectivity index (χ0n) is 33.9. The van der Waals surface area contributed by atoms with Crippen molar-refractivity contribution in [2.24, 2.45) is 5.92 Å². The van der Waals surface area contributed by atoms with Gasteiger partial charge in [0.1, 0.15) is 12.6 Å². The Hall–Kier alpha value is -5.12. The monoisotopic (exact) mass is 939 g/mol. The molecule has 3 aliphatic heterocycles. The van der Waals surface area contributed by atoms with Crippen LogP contribution in [0.1, 0.15) is 32.3 Å². The molecule has 0 aliphatic carbocycles. The number of rotatable bonds is 12. The minimum Gasteiger partial charge on any atom is -0.359 e. The smallest absolute Gasteiger partial charge is 0.263 e. The third-order valence-corrected chi connectivity index (χ3v) is 15.0. The summed E-state index contributed by atoms with van der Waals surface area (Å²) < 4.78 is 54.6. The van der Waals surface area contributed by atoms with Crippen LogP contribution in [0.5, 0.6) is 0 Å². The summed E-state index contributed by atoms with van der Waals surface area (Å²) in [5.74, 6) is 0.0238. The molecule has 5 aromatic rings. The summed E-state index contributed by atoms with van der Waals surface area (Å²) in [4.78, 5) is 54.1. The maximum atomic E-state index is 13.9. The Morgan fingerprint density at radius 2 is 1.37 bits per heavy atom. The van der Waals surface area contributed by atoms with Crippen LogP contribution in [-0.4, -0.2) is 101 Å². The second-order valence-corrected chi connectivity index (χ2v) is 20.7. The van der Waals surface area contributed by atoms with Crippen LogP contribution in [0.2, 0.25) is 5.02 Å². The van der Waals surface area contributed by atoms with E-state index in [1.165, 1.54) is 59.3 Å².